The van der Waals surface area contributed by atoms with Crippen molar-refractivity contribution in [1.29, 1.82) is 5.41 Å². The number of carbonyl (C=O) groups excluding carboxylic acids is 1. The maximum Gasteiger partial charge on any atom is 0.283 e. The van der Waals surface area contributed by atoms with Gasteiger partial charge in [-0.1, -0.05) is 30.7 Å². The molecule has 9 heteroatoms. The summed E-state index contributed by atoms with van der Waals surface area (Å²) in [6.45, 7) is 9.13. The number of hydrogen-bond acceptors (Lipinski definition) is 7. The highest BCUT2D eigenvalue weighted by molar-refractivity contribution is 8.26. The van der Waals surface area contributed by atoms with Crippen LogP contribution >= 0.6 is 11.8 Å². The van der Waals surface area contributed by atoms with Gasteiger partial charge in [0.05, 0.1) is 12.2 Å². The molecule has 1 amide bonds. The number of fused-ring (bicyclic) bond motifs is 1. The maximum absolute atomic E-state index is 12.6. The van der Waals surface area contributed by atoms with E-state index in [1.54, 1.807) is 18.2 Å². The van der Waals surface area contributed by atoms with Gasteiger partial charge in [-0.2, -0.15) is 15.1 Å². The first-order valence-corrected chi connectivity index (χ1v) is 12.3. The van der Waals surface area contributed by atoms with Gasteiger partial charge in [-0.15, -0.1) is 0 Å². The molecule has 0 radical (unpaired) electrons. The van der Waals surface area contributed by atoms with Crippen LogP contribution in [0.5, 0.6) is 17.2 Å². The summed E-state index contributed by atoms with van der Waals surface area (Å²) in [4.78, 5) is 16.7. The summed E-state index contributed by atoms with van der Waals surface area (Å²) < 4.78 is 17.5. The zero-order valence-corrected chi connectivity index (χ0v) is 21.1. The second-order valence-electron chi connectivity index (χ2n) is 7.97. The van der Waals surface area contributed by atoms with Crippen molar-refractivity contribution in [3.05, 3.63) is 58.7 Å². The van der Waals surface area contributed by atoms with Crippen molar-refractivity contribution >= 4 is 39.8 Å². The first kappa shape index (κ1) is 24.5. The molecule has 8 nitrogen and oxygen atoms in total. The summed E-state index contributed by atoms with van der Waals surface area (Å²) in [6, 6.07) is 11.5. The highest BCUT2D eigenvalue weighted by Gasteiger charge is 2.35. The molecule has 182 valence electrons. The summed E-state index contributed by atoms with van der Waals surface area (Å²) in [7, 11) is 0. The third-order valence-corrected chi connectivity index (χ3v) is 6.36. The number of hydrazone groups is 1. The van der Waals surface area contributed by atoms with Gasteiger partial charge in [0.25, 0.3) is 5.91 Å². The molecular formula is C26H28N4O4S. The molecule has 0 spiro atoms. The van der Waals surface area contributed by atoms with E-state index in [0.717, 1.165) is 22.8 Å². The van der Waals surface area contributed by atoms with E-state index in [-0.39, 0.29) is 11.4 Å². The number of amidine groups is 2. The van der Waals surface area contributed by atoms with Gasteiger partial charge in [0, 0.05) is 0 Å². The molecule has 0 fully saturated rings. The Balaban J connectivity index is 1.46. The summed E-state index contributed by atoms with van der Waals surface area (Å²) >= 11 is 1.32. The molecule has 0 aromatic heterocycles. The zero-order chi connectivity index (χ0) is 24.9. The van der Waals surface area contributed by atoms with E-state index < -0.39 is 5.91 Å². The number of nitrogens with one attached hydrogen (secondary N) is 1. The van der Waals surface area contributed by atoms with Crippen LogP contribution in [0, 0.1) is 19.3 Å². The van der Waals surface area contributed by atoms with Crippen LogP contribution < -0.4 is 14.2 Å². The van der Waals surface area contributed by atoms with Crippen LogP contribution in [-0.4, -0.2) is 46.8 Å². The van der Waals surface area contributed by atoms with E-state index in [1.165, 1.54) is 22.3 Å². The number of rotatable bonds is 9. The van der Waals surface area contributed by atoms with Gasteiger partial charge < -0.3 is 14.2 Å². The van der Waals surface area contributed by atoms with E-state index in [4.69, 9.17) is 19.6 Å². The van der Waals surface area contributed by atoms with Crippen molar-refractivity contribution in [2.45, 2.75) is 34.1 Å². The molecule has 0 saturated carbocycles. The lowest BCUT2D eigenvalue weighted by molar-refractivity contribution is -0.114. The van der Waals surface area contributed by atoms with Crippen LogP contribution in [0.2, 0.25) is 0 Å². The number of thioether (sulfide) groups is 1. The van der Waals surface area contributed by atoms with Gasteiger partial charge in [0.15, 0.2) is 17.3 Å². The number of nitrogens with zero attached hydrogens (tertiary/aromatic N) is 3. The Labute approximate surface area is 209 Å². The standard InChI is InChI=1S/C26H28N4O4S/c1-5-23-29-30-24(27)19(25(31)28-26(30)35-23)14-18-8-10-21(22(15-18)32-6-2)34-12-11-33-20-9-7-16(3)13-17(20)4/h7-10,13-15,27H,5-6,11-12H2,1-4H3. The largest absolute Gasteiger partial charge is 0.490 e. The topological polar surface area (TPSA) is 96.6 Å². The van der Waals surface area contributed by atoms with Gasteiger partial charge in [0.2, 0.25) is 5.17 Å². The fraction of sp³-hybridized carbons (Fsp3) is 0.308. The highest BCUT2D eigenvalue weighted by Crippen LogP contribution is 2.32. The average Bonchev–Trinajstić information content (AvgIpc) is 3.25. The predicted octanol–water partition coefficient (Wildman–Crippen LogP) is 5.19. The maximum atomic E-state index is 12.6. The number of ether oxygens (including phenoxy) is 3. The average molecular weight is 493 g/mol. The summed E-state index contributed by atoms with van der Waals surface area (Å²) in [5, 5.41) is 15.5. The fourth-order valence-electron chi connectivity index (χ4n) is 3.61. The van der Waals surface area contributed by atoms with Crippen LogP contribution in [0.15, 0.2) is 52.1 Å². The molecule has 0 bridgehead atoms. The van der Waals surface area contributed by atoms with Gasteiger partial charge in [-0.25, -0.2) is 0 Å². The van der Waals surface area contributed by atoms with Crippen molar-refractivity contribution in [3.8, 4) is 17.2 Å². The molecule has 2 aliphatic heterocycles. The van der Waals surface area contributed by atoms with E-state index in [1.807, 2.05) is 45.9 Å². The van der Waals surface area contributed by atoms with E-state index in [2.05, 4.69) is 16.2 Å². The lowest BCUT2D eigenvalue weighted by Gasteiger charge is -2.20. The minimum atomic E-state index is -0.455. The van der Waals surface area contributed by atoms with E-state index in [0.29, 0.717) is 42.1 Å². The van der Waals surface area contributed by atoms with E-state index >= 15 is 0 Å². The highest BCUT2D eigenvalue weighted by atomic mass is 32.2. The minimum Gasteiger partial charge on any atom is -0.490 e. The molecule has 35 heavy (non-hydrogen) atoms. The lowest BCUT2D eigenvalue weighted by atomic mass is 10.1. The second kappa shape index (κ2) is 10.8. The van der Waals surface area contributed by atoms with E-state index in [9.17, 15) is 4.79 Å². The van der Waals surface area contributed by atoms with Crippen LogP contribution in [-0.2, 0) is 4.79 Å². The lowest BCUT2D eigenvalue weighted by Crippen LogP contribution is -2.35. The molecular weight excluding hydrogens is 464 g/mol. The number of aliphatic imine (C=N–C) groups is 1. The van der Waals surface area contributed by atoms with Crippen LogP contribution in [0.1, 0.15) is 37.0 Å². The molecule has 0 atom stereocenters. The third-order valence-electron chi connectivity index (χ3n) is 5.31. The molecule has 0 saturated heterocycles. The van der Waals surface area contributed by atoms with Gasteiger partial charge in [0.1, 0.15) is 24.0 Å². The number of aryl methyl sites for hydroxylation is 2. The van der Waals surface area contributed by atoms with Crippen molar-refractivity contribution in [1.82, 2.24) is 5.01 Å². The number of amides is 1. The summed E-state index contributed by atoms with van der Waals surface area (Å²) in [5.41, 5.74) is 3.15. The van der Waals surface area contributed by atoms with Crippen molar-refractivity contribution in [2.75, 3.05) is 19.8 Å². The first-order chi connectivity index (χ1) is 16.9. The molecule has 2 heterocycles. The number of hydrogen-bond donors (Lipinski definition) is 1. The summed E-state index contributed by atoms with van der Waals surface area (Å²) in [5.74, 6) is 1.52. The first-order valence-electron chi connectivity index (χ1n) is 11.5. The normalized spacial score (nSPS) is 16.2. The van der Waals surface area contributed by atoms with Gasteiger partial charge >= 0.3 is 0 Å². The van der Waals surface area contributed by atoms with Gasteiger partial charge in [-0.05, 0) is 74.4 Å². The molecule has 4 rings (SSSR count). The van der Waals surface area contributed by atoms with Crippen LogP contribution in [0.4, 0.5) is 0 Å². The predicted molar refractivity (Wildman–Crippen MR) is 140 cm³/mol. The van der Waals surface area contributed by atoms with Crippen molar-refractivity contribution in [3.63, 3.8) is 0 Å². The minimum absolute atomic E-state index is 0.0118. The quantitative estimate of drug-likeness (QED) is 0.382. The molecule has 1 N–H and O–H groups in total. The Hall–Kier alpha value is -3.59. The Morgan fingerprint density at radius 1 is 1.00 bits per heavy atom. The van der Waals surface area contributed by atoms with Crippen molar-refractivity contribution < 1.29 is 19.0 Å². The Bertz CT molecular complexity index is 1250. The Morgan fingerprint density at radius 2 is 1.74 bits per heavy atom. The Morgan fingerprint density at radius 3 is 2.46 bits per heavy atom. The number of benzene rings is 2. The SMILES string of the molecule is CCOc1cc(C=C2C(=N)N3N=C(CC)SC3=NC2=O)ccc1OCCOc1ccc(C)cc1C. The Kier molecular flexibility index (Phi) is 7.55. The molecule has 0 unspecified atom stereocenters. The van der Waals surface area contributed by atoms with Crippen molar-refractivity contribution in [2.24, 2.45) is 10.1 Å². The smallest absolute Gasteiger partial charge is 0.283 e. The molecule has 2 aliphatic rings. The molecule has 0 aliphatic carbocycles. The monoisotopic (exact) mass is 492 g/mol. The third kappa shape index (κ3) is 5.57. The number of carbonyl (C=O) groups is 1. The molecule has 2 aromatic carbocycles. The molecule has 2 aromatic rings. The zero-order valence-electron chi connectivity index (χ0n) is 20.3. The fourth-order valence-corrected chi connectivity index (χ4v) is 4.43. The second-order valence-corrected chi connectivity index (χ2v) is 9.01. The summed E-state index contributed by atoms with van der Waals surface area (Å²) in [6.07, 6.45) is 2.35. The van der Waals surface area contributed by atoms with Gasteiger partial charge in [-0.3, -0.25) is 10.2 Å². The van der Waals surface area contributed by atoms with Crippen LogP contribution in [0.3, 0.4) is 0 Å². The van der Waals surface area contributed by atoms with Crippen LogP contribution in [0.25, 0.3) is 6.08 Å².